The molecule has 0 saturated carbocycles. The summed E-state index contributed by atoms with van der Waals surface area (Å²) in [4.78, 5) is 31.8. The number of hydrogen-bond donors (Lipinski definition) is 0. The van der Waals surface area contributed by atoms with Gasteiger partial charge in [-0.15, -0.1) is 0 Å². The van der Waals surface area contributed by atoms with Crippen LogP contribution in [0.3, 0.4) is 0 Å². The summed E-state index contributed by atoms with van der Waals surface area (Å²) >= 11 is 3.46. The lowest BCUT2D eigenvalue weighted by molar-refractivity contribution is 0.0314. The van der Waals surface area contributed by atoms with E-state index >= 15 is 0 Å². The molecule has 2 aliphatic heterocycles. The molecular weight excluding hydrogens is 588 g/mol. The molecule has 1 fully saturated rings. The first kappa shape index (κ1) is 27.5. The second-order valence-corrected chi connectivity index (χ2v) is 11.0. The number of ether oxygens (including phenoxy) is 3. The Bertz CT molecular complexity index is 1620. The molecule has 212 valence electrons. The Kier molecular flexibility index (Phi) is 8.09. The summed E-state index contributed by atoms with van der Waals surface area (Å²) in [5.41, 5.74) is 2.33. The zero-order chi connectivity index (χ0) is 28.3. The van der Waals surface area contributed by atoms with Crippen LogP contribution in [0.15, 0.2) is 80.4 Å². The van der Waals surface area contributed by atoms with Gasteiger partial charge in [0, 0.05) is 30.7 Å². The van der Waals surface area contributed by atoms with E-state index in [1.807, 2.05) is 55.5 Å². The third-order valence-corrected chi connectivity index (χ3v) is 8.00. The maximum absolute atomic E-state index is 13.9. The lowest BCUT2D eigenvalue weighted by Gasteiger charge is -2.31. The van der Waals surface area contributed by atoms with E-state index in [4.69, 9.17) is 18.6 Å². The van der Waals surface area contributed by atoms with Gasteiger partial charge in [-0.05, 0) is 48.4 Å². The number of benzene rings is 3. The van der Waals surface area contributed by atoms with Crippen molar-refractivity contribution in [1.29, 1.82) is 0 Å². The maximum atomic E-state index is 13.9. The molecule has 1 atom stereocenters. The maximum Gasteiger partial charge on any atom is 0.290 e. The highest BCUT2D eigenvalue weighted by atomic mass is 79.9. The second kappa shape index (κ2) is 12.1. The number of hydrogen-bond acceptors (Lipinski definition) is 7. The molecule has 0 radical (unpaired) electrons. The molecule has 0 spiro atoms. The summed E-state index contributed by atoms with van der Waals surface area (Å²) in [5.74, 6) is 0.961. The van der Waals surface area contributed by atoms with Crippen LogP contribution in [-0.2, 0) is 11.3 Å². The average Bonchev–Trinajstić information content (AvgIpc) is 3.28. The minimum Gasteiger partial charge on any atom is -0.490 e. The number of rotatable bonds is 9. The standard InChI is InChI=1S/C32H31BrN2O6/c1-2-39-27-18-22(8-10-26(27)40-20-21-6-4-3-5-7-21)29-28-30(36)24-19-23(33)9-11-25(24)41-31(28)32(37)35(29)13-12-34-14-16-38-17-15-34/h3-11,18-19,29H,2,12-17,20H2,1H3. The largest absolute Gasteiger partial charge is 0.490 e. The normalized spacial score (nSPS) is 17.2. The highest BCUT2D eigenvalue weighted by Gasteiger charge is 2.43. The lowest BCUT2D eigenvalue weighted by Crippen LogP contribution is -2.42. The predicted octanol–water partition coefficient (Wildman–Crippen LogP) is 5.41. The van der Waals surface area contributed by atoms with Crippen LogP contribution in [0.2, 0.25) is 0 Å². The Morgan fingerprint density at radius 3 is 2.51 bits per heavy atom. The van der Waals surface area contributed by atoms with Crippen molar-refractivity contribution in [1.82, 2.24) is 9.80 Å². The molecule has 0 N–H and O–H groups in total. The molecule has 0 bridgehead atoms. The average molecular weight is 620 g/mol. The Morgan fingerprint density at radius 2 is 1.73 bits per heavy atom. The smallest absolute Gasteiger partial charge is 0.290 e. The highest BCUT2D eigenvalue weighted by Crippen LogP contribution is 2.41. The van der Waals surface area contributed by atoms with Crippen LogP contribution in [0.5, 0.6) is 11.5 Å². The molecule has 1 aromatic heterocycles. The summed E-state index contributed by atoms with van der Waals surface area (Å²) in [7, 11) is 0. The van der Waals surface area contributed by atoms with Gasteiger partial charge >= 0.3 is 0 Å². The molecule has 3 aromatic carbocycles. The number of morpholine rings is 1. The number of fused-ring (bicyclic) bond motifs is 2. The van der Waals surface area contributed by atoms with E-state index in [0.717, 1.165) is 28.7 Å². The minimum atomic E-state index is -0.624. The van der Waals surface area contributed by atoms with Crippen molar-refractivity contribution in [2.75, 3.05) is 46.0 Å². The molecule has 2 aliphatic rings. The van der Waals surface area contributed by atoms with Crippen LogP contribution in [0.4, 0.5) is 0 Å². The van der Waals surface area contributed by atoms with Crippen molar-refractivity contribution in [3.63, 3.8) is 0 Å². The first-order valence-corrected chi connectivity index (χ1v) is 14.6. The topological polar surface area (TPSA) is 81.5 Å². The molecule has 0 aliphatic carbocycles. The number of amides is 1. The predicted molar refractivity (Wildman–Crippen MR) is 159 cm³/mol. The van der Waals surface area contributed by atoms with Crippen LogP contribution >= 0.6 is 15.9 Å². The second-order valence-electron chi connectivity index (χ2n) is 10.1. The van der Waals surface area contributed by atoms with Gasteiger partial charge in [0.15, 0.2) is 16.9 Å². The first-order valence-electron chi connectivity index (χ1n) is 13.8. The molecule has 3 heterocycles. The summed E-state index contributed by atoms with van der Waals surface area (Å²) in [6, 6.07) is 20.2. The van der Waals surface area contributed by atoms with Crippen molar-refractivity contribution in [2.45, 2.75) is 19.6 Å². The fourth-order valence-corrected chi connectivity index (χ4v) is 5.82. The molecule has 9 heteroatoms. The van der Waals surface area contributed by atoms with Crippen molar-refractivity contribution < 1.29 is 23.4 Å². The third-order valence-electron chi connectivity index (χ3n) is 7.51. The summed E-state index contributed by atoms with van der Waals surface area (Å²) in [6.07, 6.45) is 0. The van der Waals surface area contributed by atoms with E-state index in [2.05, 4.69) is 20.8 Å². The molecule has 41 heavy (non-hydrogen) atoms. The van der Waals surface area contributed by atoms with E-state index < -0.39 is 6.04 Å². The summed E-state index contributed by atoms with van der Waals surface area (Å²) in [5, 5.41) is 0.429. The summed E-state index contributed by atoms with van der Waals surface area (Å²) in [6.45, 7) is 6.77. The third kappa shape index (κ3) is 5.62. The van der Waals surface area contributed by atoms with E-state index in [1.165, 1.54) is 0 Å². The number of carbonyl (C=O) groups is 1. The van der Waals surface area contributed by atoms with Crippen LogP contribution < -0.4 is 14.9 Å². The zero-order valence-electron chi connectivity index (χ0n) is 22.8. The van der Waals surface area contributed by atoms with Gasteiger partial charge in [0.1, 0.15) is 12.2 Å². The van der Waals surface area contributed by atoms with E-state index in [1.54, 1.807) is 23.1 Å². The van der Waals surface area contributed by atoms with Crippen molar-refractivity contribution >= 4 is 32.8 Å². The fraction of sp³-hybridized carbons (Fsp3) is 0.312. The Morgan fingerprint density at radius 1 is 0.927 bits per heavy atom. The van der Waals surface area contributed by atoms with Gasteiger partial charge in [-0.25, -0.2) is 0 Å². The van der Waals surface area contributed by atoms with Gasteiger partial charge in [-0.1, -0.05) is 52.3 Å². The zero-order valence-corrected chi connectivity index (χ0v) is 24.4. The van der Waals surface area contributed by atoms with Crippen molar-refractivity contribution in [2.24, 2.45) is 0 Å². The minimum absolute atomic E-state index is 0.0964. The highest BCUT2D eigenvalue weighted by molar-refractivity contribution is 9.10. The molecule has 8 nitrogen and oxygen atoms in total. The van der Waals surface area contributed by atoms with Gasteiger partial charge in [0.05, 0.1) is 36.8 Å². The molecule has 1 saturated heterocycles. The van der Waals surface area contributed by atoms with Gasteiger partial charge in [-0.3, -0.25) is 14.5 Å². The fourth-order valence-electron chi connectivity index (χ4n) is 5.46. The van der Waals surface area contributed by atoms with Gasteiger partial charge in [0.2, 0.25) is 5.76 Å². The van der Waals surface area contributed by atoms with Crippen LogP contribution in [-0.4, -0.2) is 61.7 Å². The quantitative estimate of drug-likeness (QED) is 0.248. The molecule has 1 amide bonds. The molecular formula is C32H31BrN2O6. The van der Waals surface area contributed by atoms with Crippen LogP contribution in [0.25, 0.3) is 11.0 Å². The van der Waals surface area contributed by atoms with Gasteiger partial charge in [0.25, 0.3) is 5.91 Å². The van der Waals surface area contributed by atoms with Crippen molar-refractivity contribution in [3.05, 3.63) is 104 Å². The molecule has 6 rings (SSSR count). The monoisotopic (exact) mass is 618 g/mol. The SMILES string of the molecule is CCOc1cc(C2c3c(oc4ccc(Br)cc4c3=O)C(=O)N2CCN2CCOCC2)ccc1OCc1ccccc1. The van der Waals surface area contributed by atoms with E-state index in [-0.39, 0.29) is 17.1 Å². The molecule has 1 unspecified atom stereocenters. The van der Waals surface area contributed by atoms with Crippen molar-refractivity contribution in [3.8, 4) is 11.5 Å². The van der Waals surface area contributed by atoms with E-state index in [9.17, 15) is 9.59 Å². The van der Waals surface area contributed by atoms with E-state index in [0.29, 0.717) is 67.5 Å². The number of halogens is 1. The number of carbonyl (C=O) groups excluding carboxylic acids is 1. The van der Waals surface area contributed by atoms with Gasteiger partial charge < -0.3 is 23.5 Å². The number of nitrogens with zero attached hydrogens (tertiary/aromatic N) is 2. The first-order chi connectivity index (χ1) is 20.0. The molecule has 4 aromatic rings. The Balaban J connectivity index is 1.40. The Hall–Kier alpha value is -3.66. The van der Waals surface area contributed by atoms with Crippen LogP contribution in [0, 0.1) is 0 Å². The van der Waals surface area contributed by atoms with Gasteiger partial charge in [-0.2, -0.15) is 0 Å². The Labute approximate surface area is 246 Å². The lowest BCUT2D eigenvalue weighted by atomic mass is 9.98. The van der Waals surface area contributed by atoms with Crippen LogP contribution in [0.1, 0.15) is 40.2 Å². The summed E-state index contributed by atoms with van der Waals surface area (Å²) < 4.78 is 24.5.